The van der Waals surface area contributed by atoms with Gasteiger partial charge in [-0.25, -0.2) is 13.1 Å². The predicted molar refractivity (Wildman–Crippen MR) is 108 cm³/mol. The lowest BCUT2D eigenvalue weighted by atomic mass is 9.83. The first-order valence-electron chi connectivity index (χ1n) is 9.08. The average molecular weight is 395 g/mol. The molecule has 1 aliphatic rings. The molecule has 4 rings (SSSR count). The van der Waals surface area contributed by atoms with Gasteiger partial charge in [0.15, 0.2) is 0 Å². The van der Waals surface area contributed by atoms with Crippen LogP contribution in [0.2, 0.25) is 0 Å². The summed E-state index contributed by atoms with van der Waals surface area (Å²) in [6.45, 7) is 1.78. The zero-order valence-corrected chi connectivity index (χ0v) is 16.5. The highest BCUT2D eigenvalue weighted by atomic mass is 32.2. The third-order valence-electron chi connectivity index (χ3n) is 5.59. The minimum Gasteiger partial charge on any atom is -0.496 e. The summed E-state index contributed by atoms with van der Waals surface area (Å²) >= 11 is 0. The summed E-state index contributed by atoms with van der Waals surface area (Å²) < 4.78 is 33.8. The third kappa shape index (κ3) is 2.85. The Morgan fingerprint density at radius 2 is 1.75 bits per heavy atom. The van der Waals surface area contributed by atoms with Gasteiger partial charge in [-0.1, -0.05) is 48.5 Å². The number of sulfonamides is 1. The Hall–Kier alpha value is -2.86. The highest BCUT2D eigenvalue weighted by Gasteiger charge is 2.43. The average Bonchev–Trinajstić information content (AvgIpc) is 3.05. The van der Waals surface area contributed by atoms with Crippen molar-refractivity contribution in [3.05, 3.63) is 71.8 Å². The van der Waals surface area contributed by atoms with Crippen molar-refractivity contribution in [1.29, 1.82) is 0 Å². The third-order valence-corrected chi connectivity index (χ3v) is 6.98. The summed E-state index contributed by atoms with van der Waals surface area (Å²) in [5.74, 6) is 0.207. The molecule has 0 unspecified atom stereocenters. The smallest absolute Gasteiger partial charge is 0.264 e. The fourth-order valence-corrected chi connectivity index (χ4v) is 5.31. The lowest BCUT2D eigenvalue weighted by Crippen LogP contribution is -2.43. The van der Waals surface area contributed by atoms with Crippen LogP contribution in [0.4, 0.5) is 0 Å². The van der Waals surface area contributed by atoms with E-state index in [1.807, 2.05) is 36.4 Å². The second kappa shape index (κ2) is 6.63. The summed E-state index contributed by atoms with van der Waals surface area (Å²) in [5, 5.41) is 1.39. The maximum atomic E-state index is 13.1. The SMILES string of the molecule is COc1cccc2c1CC[C@]2(C)C(=O)NS(=O)(=O)c1cccc2ccccc12. The van der Waals surface area contributed by atoms with Crippen molar-refractivity contribution in [1.82, 2.24) is 4.72 Å². The molecule has 144 valence electrons. The van der Waals surface area contributed by atoms with Gasteiger partial charge in [-0.15, -0.1) is 0 Å². The molecule has 1 amide bonds. The minimum absolute atomic E-state index is 0.103. The van der Waals surface area contributed by atoms with Gasteiger partial charge in [-0.2, -0.15) is 0 Å². The van der Waals surface area contributed by atoms with Crippen molar-refractivity contribution >= 4 is 26.7 Å². The Balaban J connectivity index is 1.71. The summed E-state index contributed by atoms with van der Waals surface area (Å²) in [7, 11) is -2.42. The maximum Gasteiger partial charge on any atom is 0.264 e. The van der Waals surface area contributed by atoms with Crippen molar-refractivity contribution in [2.45, 2.75) is 30.1 Å². The van der Waals surface area contributed by atoms with Gasteiger partial charge >= 0.3 is 0 Å². The van der Waals surface area contributed by atoms with Crippen LogP contribution >= 0.6 is 0 Å². The number of ether oxygens (including phenoxy) is 1. The van der Waals surface area contributed by atoms with Gasteiger partial charge < -0.3 is 4.74 Å². The number of carbonyl (C=O) groups excluding carboxylic acids is 1. The molecule has 0 aliphatic heterocycles. The van der Waals surface area contributed by atoms with Crippen molar-refractivity contribution in [3.63, 3.8) is 0 Å². The Kier molecular flexibility index (Phi) is 4.38. The molecular weight excluding hydrogens is 374 g/mol. The van der Waals surface area contributed by atoms with E-state index in [-0.39, 0.29) is 4.90 Å². The van der Waals surface area contributed by atoms with Gasteiger partial charge in [0.2, 0.25) is 5.91 Å². The summed E-state index contributed by atoms with van der Waals surface area (Å²) in [5.41, 5.74) is 0.851. The number of rotatable bonds is 4. The normalized spacial score (nSPS) is 18.6. The minimum atomic E-state index is -4.01. The molecular formula is C22H21NO4S. The summed E-state index contributed by atoms with van der Waals surface area (Å²) in [6.07, 6.45) is 1.19. The van der Waals surface area contributed by atoms with Crippen LogP contribution in [0.5, 0.6) is 5.75 Å². The van der Waals surface area contributed by atoms with Crippen molar-refractivity contribution < 1.29 is 17.9 Å². The van der Waals surface area contributed by atoms with Gasteiger partial charge in [0.1, 0.15) is 5.75 Å². The van der Waals surface area contributed by atoms with E-state index in [4.69, 9.17) is 4.74 Å². The van der Waals surface area contributed by atoms with Crippen LogP contribution in [-0.4, -0.2) is 21.4 Å². The Labute approximate surface area is 164 Å². The zero-order chi connectivity index (χ0) is 19.9. The molecule has 1 aliphatic carbocycles. The molecule has 3 aromatic carbocycles. The van der Waals surface area contributed by atoms with Gasteiger partial charge in [-0.05, 0) is 48.4 Å². The van der Waals surface area contributed by atoms with Gasteiger partial charge in [-0.3, -0.25) is 4.79 Å². The molecule has 6 heteroatoms. The highest BCUT2D eigenvalue weighted by Crippen LogP contribution is 2.43. The van der Waals surface area contributed by atoms with E-state index in [0.29, 0.717) is 18.2 Å². The molecule has 1 N–H and O–H groups in total. The Bertz CT molecular complexity index is 1180. The molecule has 1 atom stereocenters. The molecule has 3 aromatic rings. The largest absolute Gasteiger partial charge is 0.496 e. The molecule has 5 nitrogen and oxygen atoms in total. The van der Waals surface area contributed by atoms with Gasteiger partial charge in [0, 0.05) is 5.39 Å². The fraction of sp³-hybridized carbons (Fsp3) is 0.227. The first-order chi connectivity index (χ1) is 13.4. The molecule has 0 saturated carbocycles. The molecule has 0 fully saturated rings. The zero-order valence-electron chi connectivity index (χ0n) is 15.7. The molecule has 0 radical (unpaired) electrons. The van der Waals surface area contributed by atoms with Crippen LogP contribution in [-0.2, 0) is 26.7 Å². The van der Waals surface area contributed by atoms with Crippen LogP contribution in [0.25, 0.3) is 10.8 Å². The number of fused-ring (bicyclic) bond motifs is 2. The van der Waals surface area contributed by atoms with Gasteiger partial charge in [0.25, 0.3) is 10.0 Å². The quantitative estimate of drug-likeness (QED) is 0.733. The van der Waals surface area contributed by atoms with Gasteiger partial charge in [0.05, 0.1) is 17.4 Å². The van der Waals surface area contributed by atoms with Crippen LogP contribution in [0.3, 0.4) is 0 Å². The molecule has 0 bridgehead atoms. The molecule has 0 saturated heterocycles. The molecule has 28 heavy (non-hydrogen) atoms. The first kappa shape index (κ1) is 18.5. The van der Waals surface area contributed by atoms with E-state index in [1.165, 1.54) is 6.07 Å². The highest BCUT2D eigenvalue weighted by molar-refractivity contribution is 7.90. The predicted octanol–water partition coefficient (Wildman–Crippen LogP) is 3.56. The van der Waals surface area contributed by atoms with E-state index >= 15 is 0 Å². The molecule has 0 aromatic heterocycles. The maximum absolute atomic E-state index is 13.1. The monoisotopic (exact) mass is 395 g/mol. The van der Waals surface area contributed by atoms with Crippen LogP contribution < -0.4 is 9.46 Å². The number of nitrogens with one attached hydrogen (secondary N) is 1. The number of benzene rings is 3. The second-order valence-electron chi connectivity index (χ2n) is 7.23. The summed E-state index contributed by atoms with van der Waals surface area (Å²) in [6, 6.07) is 17.8. The number of carbonyl (C=O) groups is 1. The van der Waals surface area contributed by atoms with E-state index in [1.54, 1.807) is 32.2 Å². The number of hydrogen-bond donors (Lipinski definition) is 1. The Morgan fingerprint density at radius 3 is 2.54 bits per heavy atom. The molecule has 0 spiro atoms. The van der Waals surface area contributed by atoms with E-state index in [0.717, 1.165) is 22.3 Å². The lowest BCUT2D eigenvalue weighted by molar-refractivity contribution is -0.124. The van der Waals surface area contributed by atoms with Crippen molar-refractivity contribution in [3.8, 4) is 5.75 Å². The fourth-order valence-electron chi connectivity index (χ4n) is 4.00. The van der Waals surface area contributed by atoms with Crippen molar-refractivity contribution in [2.75, 3.05) is 7.11 Å². The Morgan fingerprint density at radius 1 is 1.04 bits per heavy atom. The molecule has 0 heterocycles. The van der Waals surface area contributed by atoms with Crippen LogP contribution in [0.15, 0.2) is 65.6 Å². The standard InChI is InChI=1S/C22H21NO4S/c1-22(14-13-17-18(22)10-6-11-19(17)27-2)21(24)23-28(25,26)20-12-5-8-15-7-3-4-9-16(15)20/h3-12H,13-14H2,1-2H3,(H,23,24)/t22-/m0/s1. The number of methoxy groups -OCH3 is 1. The van der Waals surface area contributed by atoms with E-state index < -0.39 is 21.3 Å². The number of hydrogen-bond acceptors (Lipinski definition) is 4. The topological polar surface area (TPSA) is 72.5 Å². The summed E-state index contributed by atoms with van der Waals surface area (Å²) in [4.78, 5) is 13.2. The number of amides is 1. The lowest BCUT2D eigenvalue weighted by Gasteiger charge is -2.24. The second-order valence-corrected chi connectivity index (χ2v) is 8.88. The van der Waals surface area contributed by atoms with Crippen molar-refractivity contribution in [2.24, 2.45) is 0 Å². The van der Waals surface area contributed by atoms with E-state index in [9.17, 15) is 13.2 Å². The first-order valence-corrected chi connectivity index (χ1v) is 10.6. The van der Waals surface area contributed by atoms with E-state index in [2.05, 4.69) is 4.72 Å². The van der Waals surface area contributed by atoms with Crippen LogP contribution in [0.1, 0.15) is 24.5 Å². The van der Waals surface area contributed by atoms with Crippen LogP contribution in [0, 0.1) is 0 Å².